The van der Waals surface area contributed by atoms with Crippen LogP contribution in [0.5, 0.6) is 0 Å². The summed E-state index contributed by atoms with van der Waals surface area (Å²) in [5.41, 5.74) is 0.294. The van der Waals surface area contributed by atoms with E-state index in [-0.39, 0.29) is 22.4 Å². The van der Waals surface area contributed by atoms with E-state index in [9.17, 15) is 19.2 Å². The molecular formula is C16H10N2O6. The zero-order valence-corrected chi connectivity index (χ0v) is 12.4. The Morgan fingerprint density at radius 2 is 1.58 bits per heavy atom. The van der Waals surface area contributed by atoms with Crippen LogP contribution in [0.2, 0.25) is 0 Å². The van der Waals surface area contributed by atoms with Crippen LogP contribution in [0.3, 0.4) is 0 Å². The van der Waals surface area contributed by atoms with Gasteiger partial charge in [0.25, 0.3) is 11.8 Å². The van der Waals surface area contributed by atoms with Gasteiger partial charge in [-0.3, -0.25) is 9.59 Å². The van der Waals surface area contributed by atoms with Crippen molar-refractivity contribution in [2.75, 3.05) is 7.11 Å². The van der Waals surface area contributed by atoms with Crippen LogP contribution in [-0.2, 0) is 9.57 Å². The van der Waals surface area contributed by atoms with Gasteiger partial charge in [0, 0.05) is 6.20 Å². The third-order valence-corrected chi connectivity index (χ3v) is 3.32. The molecular weight excluding hydrogens is 316 g/mol. The van der Waals surface area contributed by atoms with E-state index in [2.05, 4.69) is 9.72 Å². The highest BCUT2D eigenvalue weighted by Crippen LogP contribution is 2.23. The van der Waals surface area contributed by atoms with Gasteiger partial charge in [-0.1, -0.05) is 17.2 Å². The Bertz CT molecular complexity index is 824. The van der Waals surface area contributed by atoms with Gasteiger partial charge in [0.15, 0.2) is 5.69 Å². The van der Waals surface area contributed by atoms with Gasteiger partial charge in [0.2, 0.25) is 0 Å². The lowest BCUT2D eigenvalue weighted by Gasteiger charge is -2.12. The molecule has 2 heterocycles. The van der Waals surface area contributed by atoms with Gasteiger partial charge in [-0.2, -0.15) is 0 Å². The molecule has 0 atom stereocenters. The third-order valence-electron chi connectivity index (χ3n) is 3.32. The van der Waals surface area contributed by atoms with Crippen LogP contribution < -0.4 is 0 Å². The molecule has 0 fully saturated rings. The van der Waals surface area contributed by atoms with E-state index in [1.54, 1.807) is 12.1 Å². The van der Waals surface area contributed by atoms with E-state index in [0.717, 1.165) is 6.20 Å². The van der Waals surface area contributed by atoms with E-state index in [0.29, 0.717) is 5.06 Å². The molecule has 24 heavy (non-hydrogen) atoms. The fourth-order valence-corrected chi connectivity index (χ4v) is 2.13. The number of rotatable bonds is 3. The van der Waals surface area contributed by atoms with Crippen LogP contribution in [-0.4, -0.2) is 40.9 Å². The highest BCUT2D eigenvalue weighted by Gasteiger charge is 2.38. The fourth-order valence-electron chi connectivity index (χ4n) is 2.13. The maximum Gasteiger partial charge on any atom is 0.382 e. The Labute approximate surface area is 135 Å². The van der Waals surface area contributed by atoms with E-state index in [4.69, 9.17) is 4.84 Å². The molecule has 0 aliphatic carbocycles. The van der Waals surface area contributed by atoms with Crippen LogP contribution in [0.1, 0.15) is 41.6 Å². The number of imide groups is 1. The number of hydroxylamine groups is 2. The lowest BCUT2D eigenvalue weighted by atomic mass is 10.1. The predicted molar refractivity (Wildman–Crippen MR) is 77.9 cm³/mol. The molecule has 2 aromatic rings. The van der Waals surface area contributed by atoms with Crippen molar-refractivity contribution in [3.8, 4) is 0 Å². The predicted octanol–water partition coefficient (Wildman–Crippen LogP) is 1.24. The van der Waals surface area contributed by atoms with E-state index in [1.807, 2.05) is 0 Å². The first kappa shape index (κ1) is 15.3. The zero-order valence-electron chi connectivity index (χ0n) is 12.4. The number of nitrogens with zero attached hydrogens (tertiary/aromatic N) is 2. The Balaban J connectivity index is 1.77. The summed E-state index contributed by atoms with van der Waals surface area (Å²) in [5.74, 6) is -3.06. The Kier molecular flexibility index (Phi) is 3.78. The number of fused-ring (bicyclic) bond motifs is 1. The molecule has 8 heteroatoms. The van der Waals surface area contributed by atoms with Gasteiger partial charge >= 0.3 is 11.9 Å². The van der Waals surface area contributed by atoms with Gasteiger partial charge in [-0.15, -0.1) is 0 Å². The summed E-state index contributed by atoms with van der Waals surface area (Å²) in [6.45, 7) is 0. The monoisotopic (exact) mass is 326 g/mol. The molecule has 1 aliphatic heterocycles. The summed E-state index contributed by atoms with van der Waals surface area (Å²) in [4.78, 5) is 56.2. The van der Waals surface area contributed by atoms with Crippen LogP contribution in [0, 0.1) is 0 Å². The van der Waals surface area contributed by atoms with E-state index in [1.165, 1.54) is 31.4 Å². The maximum atomic E-state index is 12.1. The molecule has 0 saturated carbocycles. The summed E-state index contributed by atoms with van der Waals surface area (Å²) in [6.07, 6.45) is 1.13. The standard InChI is InChI=1S/C16H10N2O6/c1-23-15(21)9-6-7-12(17-8-9)16(22)24-18-13(19)10-4-2-3-5-11(10)14(18)20/h2-8H,1H3. The van der Waals surface area contributed by atoms with Gasteiger partial charge in [0.05, 0.1) is 23.8 Å². The highest BCUT2D eigenvalue weighted by molar-refractivity contribution is 6.21. The highest BCUT2D eigenvalue weighted by atomic mass is 16.7. The third kappa shape index (κ3) is 2.50. The SMILES string of the molecule is COC(=O)c1ccc(C(=O)ON2C(=O)c3ccccc3C2=O)nc1. The lowest BCUT2D eigenvalue weighted by molar-refractivity contribution is -0.0588. The average molecular weight is 326 g/mol. The Morgan fingerprint density at radius 1 is 0.958 bits per heavy atom. The second kappa shape index (κ2) is 5.92. The van der Waals surface area contributed by atoms with Gasteiger partial charge in [-0.25, -0.2) is 14.6 Å². The van der Waals surface area contributed by atoms with Crippen LogP contribution in [0.25, 0.3) is 0 Å². The molecule has 1 aromatic heterocycles. The number of carbonyl (C=O) groups is 4. The Hall–Kier alpha value is -3.55. The van der Waals surface area contributed by atoms with Crippen molar-refractivity contribution < 1.29 is 28.8 Å². The number of ether oxygens (including phenoxy) is 1. The topological polar surface area (TPSA) is 103 Å². The molecule has 0 spiro atoms. The average Bonchev–Trinajstić information content (AvgIpc) is 2.86. The van der Waals surface area contributed by atoms with Crippen LogP contribution in [0.4, 0.5) is 0 Å². The van der Waals surface area contributed by atoms with E-state index < -0.39 is 23.8 Å². The summed E-state index contributed by atoms with van der Waals surface area (Å²) in [7, 11) is 1.22. The molecule has 0 radical (unpaired) electrons. The van der Waals surface area contributed by atoms with Crippen molar-refractivity contribution >= 4 is 23.8 Å². The number of hydrogen-bond acceptors (Lipinski definition) is 7. The number of pyridine rings is 1. The summed E-state index contributed by atoms with van der Waals surface area (Å²) < 4.78 is 4.52. The quantitative estimate of drug-likeness (QED) is 0.617. The maximum absolute atomic E-state index is 12.1. The van der Waals surface area contributed by atoms with Crippen molar-refractivity contribution in [1.29, 1.82) is 0 Å². The first-order valence-electron chi connectivity index (χ1n) is 6.77. The molecule has 1 aliphatic rings. The first-order chi connectivity index (χ1) is 11.5. The molecule has 8 nitrogen and oxygen atoms in total. The first-order valence-corrected chi connectivity index (χ1v) is 6.77. The molecule has 0 bridgehead atoms. The molecule has 120 valence electrons. The van der Waals surface area contributed by atoms with Crippen molar-refractivity contribution in [3.05, 3.63) is 65.0 Å². The molecule has 3 rings (SSSR count). The minimum Gasteiger partial charge on any atom is -0.465 e. The summed E-state index contributed by atoms with van der Waals surface area (Å²) in [6, 6.07) is 8.68. The number of methoxy groups -OCH3 is 1. The summed E-state index contributed by atoms with van der Waals surface area (Å²) in [5, 5.41) is 0.392. The Morgan fingerprint density at radius 3 is 2.08 bits per heavy atom. The summed E-state index contributed by atoms with van der Waals surface area (Å²) >= 11 is 0. The van der Waals surface area contributed by atoms with Gasteiger partial charge < -0.3 is 9.57 Å². The molecule has 0 N–H and O–H groups in total. The fraction of sp³-hybridized carbons (Fsp3) is 0.0625. The van der Waals surface area contributed by atoms with Crippen molar-refractivity contribution in [2.45, 2.75) is 0 Å². The lowest BCUT2D eigenvalue weighted by Crippen LogP contribution is -2.33. The van der Waals surface area contributed by atoms with Gasteiger partial charge in [-0.05, 0) is 24.3 Å². The molecule has 1 aromatic carbocycles. The number of benzene rings is 1. The van der Waals surface area contributed by atoms with Crippen LogP contribution in [0.15, 0.2) is 42.6 Å². The minimum absolute atomic E-state index is 0.148. The number of amides is 2. The largest absolute Gasteiger partial charge is 0.465 e. The van der Waals surface area contributed by atoms with Crippen molar-refractivity contribution in [1.82, 2.24) is 10.0 Å². The zero-order chi connectivity index (χ0) is 17.3. The van der Waals surface area contributed by atoms with Crippen molar-refractivity contribution in [3.63, 3.8) is 0 Å². The number of esters is 1. The van der Waals surface area contributed by atoms with E-state index >= 15 is 0 Å². The second-order valence-electron chi connectivity index (χ2n) is 4.75. The minimum atomic E-state index is -0.999. The normalized spacial score (nSPS) is 12.8. The number of hydrogen-bond donors (Lipinski definition) is 0. The van der Waals surface area contributed by atoms with Crippen molar-refractivity contribution in [2.24, 2.45) is 0 Å². The number of carbonyl (C=O) groups excluding carboxylic acids is 4. The molecule has 2 amide bonds. The van der Waals surface area contributed by atoms with Gasteiger partial charge in [0.1, 0.15) is 0 Å². The molecule has 0 unspecified atom stereocenters. The number of aromatic nitrogens is 1. The second-order valence-corrected chi connectivity index (χ2v) is 4.75. The smallest absolute Gasteiger partial charge is 0.382 e. The van der Waals surface area contributed by atoms with Crippen LogP contribution >= 0.6 is 0 Å². The molecule has 0 saturated heterocycles.